The Bertz CT molecular complexity index is 1150. The molecule has 0 fully saturated rings. The predicted octanol–water partition coefficient (Wildman–Crippen LogP) is 4.64. The standard InChI is InChI=1S/C25H23FN2O6/c1-16-7-10-18(11-8-16)27-25(31)34-24(17-9-12-21(29)20(26)15-17)22(13-14-23(30)28-32)33-19-5-3-2-4-6-19/h2-15,22,24,29,32H,1H3,(H,27,31)(H,28,30)/b14-13+/t22-,24-/m0/s1. The van der Waals surface area contributed by atoms with Gasteiger partial charge in [-0.15, -0.1) is 0 Å². The quantitative estimate of drug-likeness (QED) is 0.218. The molecule has 0 aliphatic carbocycles. The molecule has 3 rings (SSSR count). The zero-order chi connectivity index (χ0) is 24.5. The second kappa shape index (κ2) is 11.5. The summed E-state index contributed by atoms with van der Waals surface area (Å²) in [5.74, 6) is -1.97. The van der Waals surface area contributed by atoms with Crippen molar-refractivity contribution in [2.75, 3.05) is 5.32 Å². The lowest BCUT2D eigenvalue weighted by Gasteiger charge is -2.26. The zero-order valence-electron chi connectivity index (χ0n) is 18.1. The van der Waals surface area contributed by atoms with Crippen LogP contribution in [0.3, 0.4) is 0 Å². The Labute approximate surface area is 195 Å². The third-order valence-corrected chi connectivity index (χ3v) is 4.69. The van der Waals surface area contributed by atoms with Gasteiger partial charge in [0.05, 0.1) is 0 Å². The van der Waals surface area contributed by atoms with Crippen LogP contribution in [0.1, 0.15) is 17.2 Å². The Morgan fingerprint density at radius 2 is 1.74 bits per heavy atom. The summed E-state index contributed by atoms with van der Waals surface area (Å²) in [6, 6.07) is 19.0. The molecule has 0 heterocycles. The van der Waals surface area contributed by atoms with Gasteiger partial charge in [0.25, 0.3) is 5.91 Å². The molecule has 2 atom stereocenters. The van der Waals surface area contributed by atoms with Crippen molar-refractivity contribution in [2.45, 2.75) is 19.1 Å². The average molecular weight is 466 g/mol. The van der Waals surface area contributed by atoms with E-state index in [-0.39, 0.29) is 5.56 Å². The molecule has 0 unspecified atom stereocenters. The molecule has 3 aromatic rings. The number of para-hydroxylation sites is 1. The van der Waals surface area contributed by atoms with E-state index in [0.717, 1.165) is 23.8 Å². The monoisotopic (exact) mass is 466 g/mol. The van der Waals surface area contributed by atoms with E-state index in [1.807, 2.05) is 6.92 Å². The highest BCUT2D eigenvalue weighted by Crippen LogP contribution is 2.30. The van der Waals surface area contributed by atoms with Gasteiger partial charge in [-0.1, -0.05) is 42.0 Å². The highest BCUT2D eigenvalue weighted by Gasteiger charge is 2.28. The summed E-state index contributed by atoms with van der Waals surface area (Å²) in [5, 5.41) is 21.0. The van der Waals surface area contributed by atoms with Crippen LogP contribution in [0.15, 0.2) is 84.9 Å². The first-order chi connectivity index (χ1) is 16.4. The SMILES string of the molecule is Cc1ccc(NC(=O)O[C@@H](c2ccc(O)c(F)c2)[C@H](/C=C/C(=O)NO)Oc2ccccc2)cc1. The number of hydroxylamine groups is 1. The molecule has 2 amide bonds. The lowest BCUT2D eigenvalue weighted by molar-refractivity contribution is -0.124. The molecule has 4 N–H and O–H groups in total. The van der Waals surface area contributed by atoms with Crippen LogP contribution in [-0.4, -0.2) is 28.4 Å². The fourth-order valence-electron chi connectivity index (χ4n) is 3.00. The largest absolute Gasteiger partial charge is 0.505 e. The topological polar surface area (TPSA) is 117 Å². The molecule has 3 aromatic carbocycles. The number of aryl methyl sites for hydroxylation is 1. The maximum atomic E-state index is 14.2. The van der Waals surface area contributed by atoms with Gasteiger partial charge in [-0.05, 0) is 55.0 Å². The van der Waals surface area contributed by atoms with E-state index >= 15 is 0 Å². The number of phenols is 1. The van der Waals surface area contributed by atoms with Crippen molar-refractivity contribution in [3.05, 3.63) is 102 Å². The molecule has 0 saturated carbocycles. The number of hydrogen-bond acceptors (Lipinski definition) is 6. The fourth-order valence-corrected chi connectivity index (χ4v) is 3.00. The maximum Gasteiger partial charge on any atom is 0.412 e. The first kappa shape index (κ1) is 24.3. The minimum absolute atomic E-state index is 0.157. The van der Waals surface area contributed by atoms with Gasteiger partial charge < -0.3 is 14.6 Å². The Hall–Kier alpha value is -4.37. The third-order valence-electron chi connectivity index (χ3n) is 4.69. The molecular weight excluding hydrogens is 443 g/mol. The number of hydrogen-bond donors (Lipinski definition) is 4. The minimum Gasteiger partial charge on any atom is -0.505 e. The molecule has 176 valence electrons. The van der Waals surface area contributed by atoms with Crippen LogP contribution in [-0.2, 0) is 9.53 Å². The number of phenolic OH excluding ortho intramolecular Hbond substituents is 1. The van der Waals surface area contributed by atoms with Gasteiger partial charge in [0.15, 0.2) is 23.8 Å². The summed E-state index contributed by atoms with van der Waals surface area (Å²) < 4.78 is 25.7. The summed E-state index contributed by atoms with van der Waals surface area (Å²) in [4.78, 5) is 24.3. The molecule has 0 spiro atoms. The van der Waals surface area contributed by atoms with Crippen LogP contribution in [0.5, 0.6) is 11.5 Å². The summed E-state index contributed by atoms with van der Waals surface area (Å²) in [5.41, 5.74) is 3.09. The van der Waals surface area contributed by atoms with Crippen LogP contribution in [0, 0.1) is 12.7 Å². The van der Waals surface area contributed by atoms with Crippen LogP contribution in [0.2, 0.25) is 0 Å². The van der Waals surface area contributed by atoms with Crippen LogP contribution in [0.4, 0.5) is 14.9 Å². The van der Waals surface area contributed by atoms with Crippen molar-refractivity contribution in [3.63, 3.8) is 0 Å². The number of amides is 2. The Morgan fingerprint density at radius 3 is 2.38 bits per heavy atom. The van der Waals surface area contributed by atoms with Crippen LogP contribution in [0.25, 0.3) is 0 Å². The number of nitrogens with one attached hydrogen (secondary N) is 2. The van der Waals surface area contributed by atoms with E-state index in [9.17, 15) is 19.1 Å². The van der Waals surface area contributed by atoms with Gasteiger partial charge in [0.2, 0.25) is 0 Å². The summed E-state index contributed by atoms with van der Waals surface area (Å²) in [6.07, 6.45) is -0.980. The van der Waals surface area contributed by atoms with Crippen molar-refractivity contribution < 1.29 is 33.8 Å². The normalized spacial score (nSPS) is 12.6. The number of anilines is 1. The van der Waals surface area contributed by atoms with Crippen LogP contribution < -0.4 is 15.5 Å². The number of carbonyl (C=O) groups is 2. The van der Waals surface area contributed by atoms with Gasteiger partial charge >= 0.3 is 6.09 Å². The zero-order valence-corrected chi connectivity index (χ0v) is 18.1. The lowest BCUT2D eigenvalue weighted by Crippen LogP contribution is -2.30. The lowest BCUT2D eigenvalue weighted by atomic mass is 10.0. The Morgan fingerprint density at radius 1 is 1.03 bits per heavy atom. The highest BCUT2D eigenvalue weighted by molar-refractivity contribution is 5.86. The molecular formula is C25H23FN2O6. The molecule has 8 nitrogen and oxygen atoms in total. The first-order valence-electron chi connectivity index (χ1n) is 10.2. The van der Waals surface area contributed by atoms with Gasteiger partial charge in [-0.3, -0.25) is 15.3 Å². The smallest absolute Gasteiger partial charge is 0.412 e. The van der Waals surface area contributed by atoms with Crippen LogP contribution >= 0.6 is 0 Å². The van der Waals surface area contributed by atoms with Crippen molar-refractivity contribution in [1.29, 1.82) is 0 Å². The summed E-state index contributed by atoms with van der Waals surface area (Å²) in [6.45, 7) is 1.90. The van der Waals surface area contributed by atoms with Crippen molar-refractivity contribution >= 4 is 17.7 Å². The van der Waals surface area contributed by atoms with E-state index in [0.29, 0.717) is 11.4 Å². The number of ether oxygens (including phenoxy) is 2. The Balaban J connectivity index is 1.95. The van der Waals surface area contributed by atoms with E-state index in [4.69, 9.17) is 14.7 Å². The number of rotatable bonds is 8. The molecule has 0 saturated heterocycles. The van der Waals surface area contributed by atoms with Crippen molar-refractivity contribution in [2.24, 2.45) is 0 Å². The van der Waals surface area contributed by atoms with Crippen molar-refractivity contribution in [3.8, 4) is 11.5 Å². The minimum atomic E-state index is -1.25. The summed E-state index contributed by atoms with van der Waals surface area (Å²) >= 11 is 0. The average Bonchev–Trinajstić information content (AvgIpc) is 2.84. The fraction of sp³-hybridized carbons (Fsp3) is 0.120. The highest BCUT2D eigenvalue weighted by atomic mass is 19.1. The van der Waals surface area contributed by atoms with Crippen molar-refractivity contribution in [1.82, 2.24) is 5.48 Å². The maximum absolute atomic E-state index is 14.2. The van der Waals surface area contributed by atoms with E-state index in [2.05, 4.69) is 5.32 Å². The number of aromatic hydroxyl groups is 1. The number of carbonyl (C=O) groups excluding carboxylic acids is 2. The molecule has 0 aliphatic heterocycles. The molecule has 0 bridgehead atoms. The Kier molecular flexibility index (Phi) is 8.20. The first-order valence-corrected chi connectivity index (χ1v) is 10.2. The number of benzene rings is 3. The molecule has 0 aromatic heterocycles. The molecule has 9 heteroatoms. The number of halogens is 1. The summed E-state index contributed by atoms with van der Waals surface area (Å²) in [7, 11) is 0. The van der Waals surface area contributed by atoms with E-state index < -0.39 is 35.8 Å². The van der Waals surface area contributed by atoms with Gasteiger partial charge in [0, 0.05) is 11.8 Å². The van der Waals surface area contributed by atoms with Gasteiger partial charge in [-0.25, -0.2) is 14.7 Å². The predicted molar refractivity (Wildman–Crippen MR) is 122 cm³/mol. The van der Waals surface area contributed by atoms with Gasteiger partial charge in [-0.2, -0.15) is 0 Å². The third kappa shape index (κ3) is 6.81. The molecule has 0 radical (unpaired) electrons. The van der Waals surface area contributed by atoms with Gasteiger partial charge in [0.1, 0.15) is 5.75 Å². The van der Waals surface area contributed by atoms with E-state index in [1.54, 1.807) is 54.6 Å². The second-order valence-corrected chi connectivity index (χ2v) is 7.26. The molecule has 0 aliphatic rings. The van der Waals surface area contributed by atoms with E-state index in [1.165, 1.54) is 17.6 Å². The second-order valence-electron chi connectivity index (χ2n) is 7.26. The molecule has 34 heavy (non-hydrogen) atoms.